The van der Waals surface area contributed by atoms with E-state index in [0.717, 1.165) is 6.26 Å². The van der Waals surface area contributed by atoms with Crippen LogP contribution in [-0.2, 0) is 21.1 Å². The lowest BCUT2D eigenvalue weighted by Crippen LogP contribution is -2.39. The fourth-order valence-electron chi connectivity index (χ4n) is 1.90. The predicted molar refractivity (Wildman–Crippen MR) is 67.0 cm³/mol. The maximum Gasteiger partial charge on any atom is 0.305 e. The average molecular weight is 299 g/mol. The summed E-state index contributed by atoms with van der Waals surface area (Å²) in [5, 5.41) is 8.32. The highest BCUT2D eigenvalue weighted by Crippen LogP contribution is 2.18. The molecule has 8 nitrogen and oxygen atoms in total. The number of aliphatic carboxylic acids is 1. The van der Waals surface area contributed by atoms with Crippen LogP contribution in [0.3, 0.4) is 0 Å². The molecule has 0 atom stereocenters. The van der Waals surface area contributed by atoms with E-state index in [4.69, 9.17) is 5.11 Å². The fraction of sp³-hybridized carbons (Fsp3) is 0.455. The quantitative estimate of drug-likeness (QED) is 0.734. The van der Waals surface area contributed by atoms with Crippen LogP contribution in [0.15, 0.2) is 11.4 Å². The lowest BCUT2D eigenvalue weighted by atomic mass is 10.1. The highest BCUT2D eigenvalue weighted by atomic mass is 32.2. The van der Waals surface area contributed by atoms with Crippen molar-refractivity contribution in [3.63, 3.8) is 0 Å². The second kappa shape index (κ2) is 5.16. The molecule has 20 heavy (non-hydrogen) atoms. The average Bonchev–Trinajstić information content (AvgIpc) is 2.36. The molecule has 0 radical (unpaired) electrons. The van der Waals surface area contributed by atoms with Crippen LogP contribution in [0.1, 0.15) is 22.5 Å². The Morgan fingerprint density at radius 1 is 1.50 bits per heavy atom. The fourth-order valence-corrected chi connectivity index (χ4v) is 2.42. The minimum absolute atomic E-state index is 0.113. The SMILES string of the molecule is CS(=O)(=O)c1ncc2c(n1)CCN(CCC(=O)O)C2=O. The third-order valence-corrected chi connectivity index (χ3v) is 3.77. The summed E-state index contributed by atoms with van der Waals surface area (Å²) in [5.74, 6) is -1.35. The van der Waals surface area contributed by atoms with Gasteiger partial charge in [0.25, 0.3) is 5.91 Å². The van der Waals surface area contributed by atoms with Gasteiger partial charge >= 0.3 is 5.97 Å². The number of carbonyl (C=O) groups excluding carboxylic acids is 1. The summed E-state index contributed by atoms with van der Waals surface area (Å²) < 4.78 is 22.7. The summed E-state index contributed by atoms with van der Waals surface area (Å²) >= 11 is 0. The zero-order chi connectivity index (χ0) is 14.9. The summed E-state index contributed by atoms with van der Waals surface area (Å²) in [6.45, 7) is 0.431. The second-order valence-corrected chi connectivity index (χ2v) is 6.38. The molecular formula is C11H13N3O5S. The molecule has 1 aliphatic heterocycles. The van der Waals surface area contributed by atoms with Gasteiger partial charge in [-0.2, -0.15) is 0 Å². The molecule has 0 saturated heterocycles. The Hall–Kier alpha value is -2.03. The molecule has 2 heterocycles. The van der Waals surface area contributed by atoms with Crippen LogP contribution < -0.4 is 0 Å². The zero-order valence-electron chi connectivity index (χ0n) is 10.7. The molecule has 9 heteroatoms. The van der Waals surface area contributed by atoms with Crippen LogP contribution in [0.5, 0.6) is 0 Å². The molecule has 0 aliphatic carbocycles. The minimum Gasteiger partial charge on any atom is -0.481 e. The van der Waals surface area contributed by atoms with E-state index in [9.17, 15) is 18.0 Å². The smallest absolute Gasteiger partial charge is 0.305 e. The van der Waals surface area contributed by atoms with E-state index in [-0.39, 0.29) is 29.6 Å². The van der Waals surface area contributed by atoms with Crippen LogP contribution in [0, 0.1) is 0 Å². The van der Waals surface area contributed by atoms with E-state index in [2.05, 4.69) is 9.97 Å². The van der Waals surface area contributed by atoms with E-state index in [1.165, 1.54) is 11.1 Å². The molecular weight excluding hydrogens is 286 g/mol. The first-order valence-corrected chi connectivity index (χ1v) is 7.75. The van der Waals surface area contributed by atoms with Gasteiger partial charge in [-0.3, -0.25) is 9.59 Å². The molecule has 1 aromatic heterocycles. The van der Waals surface area contributed by atoms with Gasteiger partial charge in [-0.05, 0) is 0 Å². The van der Waals surface area contributed by atoms with Gasteiger partial charge in [0.15, 0.2) is 0 Å². The molecule has 1 N–H and O–H groups in total. The second-order valence-electron chi connectivity index (χ2n) is 4.47. The van der Waals surface area contributed by atoms with Crippen molar-refractivity contribution in [2.24, 2.45) is 0 Å². The number of hydrogen-bond donors (Lipinski definition) is 1. The molecule has 108 valence electrons. The third kappa shape index (κ3) is 2.93. The first-order chi connectivity index (χ1) is 9.29. The van der Waals surface area contributed by atoms with Crippen molar-refractivity contribution in [2.75, 3.05) is 19.3 Å². The van der Waals surface area contributed by atoms with Crippen LogP contribution in [0.25, 0.3) is 0 Å². The zero-order valence-corrected chi connectivity index (χ0v) is 11.6. The lowest BCUT2D eigenvalue weighted by Gasteiger charge is -2.27. The highest BCUT2D eigenvalue weighted by molar-refractivity contribution is 7.90. The van der Waals surface area contributed by atoms with Crippen LogP contribution >= 0.6 is 0 Å². The van der Waals surface area contributed by atoms with Gasteiger partial charge < -0.3 is 10.0 Å². The molecule has 1 amide bonds. The van der Waals surface area contributed by atoms with Crippen LogP contribution in [0.2, 0.25) is 0 Å². The Morgan fingerprint density at radius 2 is 2.20 bits per heavy atom. The summed E-state index contributed by atoms with van der Waals surface area (Å²) in [6.07, 6.45) is 2.43. The molecule has 1 aromatic rings. The van der Waals surface area contributed by atoms with Gasteiger partial charge in [0.2, 0.25) is 15.0 Å². The largest absolute Gasteiger partial charge is 0.481 e. The number of fused-ring (bicyclic) bond motifs is 1. The number of amides is 1. The van der Waals surface area contributed by atoms with Crippen molar-refractivity contribution in [3.8, 4) is 0 Å². The molecule has 2 rings (SSSR count). The Kier molecular flexibility index (Phi) is 3.71. The summed E-state index contributed by atoms with van der Waals surface area (Å²) in [5.41, 5.74) is 0.617. The number of carboxylic acid groups (broad SMARTS) is 1. The molecule has 0 aromatic carbocycles. The van der Waals surface area contributed by atoms with Crippen molar-refractivity contribution in [1.82, 2.24) is 14.9 Å². The van der Waals surface area contributed by atoms with E-state index in [1.807, 2.05) is 0 Å². The number of nitrogens with zero attached hydrogens (tertiary/aromatic N) is 3. The van der Waals surface area contributed by atoms with Crippen molar-refractivity contribution >= 4 is 21.7 Å². The molecule has 0 saturated carbocycles. The van der Waals surface area contributed by atoms with E-state index < -0.39 is 15.8 Å². The Labute approximate surface area is 115 Å². The van der Waals surface area contributed by atoms with Gasteiger partial charge in [0, 0.05) is 32.0 Å². The van der Waals surface area contributed by atoms with Gasteiger partial charge in [-0.15, -0.1) is 0 Å². The van der Waals surface area contributed by atoms with Crippen molar-refractivity contribution in [2.45, 2.75) is 18.0 Å². The predicted octanol–water partition coefficient (Wildman–Crippen LogP) is -0.647. The normalized spacial score (nSPS) is 15.1. The molecule has 0 fully saturated rings. The topological polar surface area (TPSA) is 118 Å². The molecule has 0 unspecified atom stereocenters. The monoisotopic (exact) mass is 299 g/mol. The number of aromatic nitrogens is 2. The summed E-state index contributed by atoms with van der Waals surface area (Å²) in [4.78, 5) is 31.6. The first-order valence-electron chi connectivity index (χ1n) is 5.86. The molecule has 1 aliphatic rings. The Bertz CT molecular complexity index is 671. The first kappa shape index (κ1) is 14.4. The minimum atomic E-state index is -3.51. The van der Waals surface area contributed by atoms with Gasteiger partial charge in [-0.25, -0.2) is 18.4 Å². The van der Waals surface area contributed by atoms with E-state index in [0.29, 0.717) is 18.7 Å². The lowest BCUT2D eigenvalue weighted by molar-refractivity contribution is -0.137. The maximum absolute atomic E-state index is 12.1. The van der Waals surface area contributed by atoms with E-state index in [1.54, 1.807) is 0 Å². The summed E-state index contributed by atoms with van der Waals surface area (Å²) in [6, 6.07) is 0. The maximum atomic E-state index is 12.1. The molecule has 0 bridgehead atoms. The van der Waals surface area contributed by atoms with Gasteiger partial charge in [-0.1, -0.05) is 0 Å². The third-order valence-electron chi connectivity index (χ3n) is 2.91. The highest BCUT2D eigenvalue weighted by Gasteiger charge is 2.27. The molecule has 0 spiro atoms. The number of sulfone groups is 1. The van der Waals surface area contributed by atoms with Gasteiger partial charge in [0.05, 0.1) is 17.7 Å². The summed E-state index contributed by atoms with van der Waals surface area (Å²) in [7, 11) is -3.51. The van der Waals surface area contributed by atoms with Crippen LogP contribution in [-0.4, -0.2) is 59.6 Å². The van der Waals surface area contributed by atoms with Gasteiger partial charge in [0.1, 0.15) is 0 Å². The number of carbonyl (C=O) groups is 2. The Balaban J connectivity index is 2.26. The van der Waals surface area contributed by atoms with Crippen molar-refractivity contribution in [3.05, 3.63) is 17.5 Å². The van der Waals surface area contributed by atoms with Crippen molar-refractivity contribution in [1.29, 1.82) is 0 Å². The Morgan fingerprint density at radius 3 is 2.80 bits per heavy atom. The standard InChI is InChI=1S/C11H13N3O5S/c1-20(18,19)11-12-6-7-8(13-11)2-4-14(10(7)17)5-3-9(15)16/h6H,2-5H2,1H3,(H,15,16). The number of rotatable bonds is 4. The van der Waals surface area contributed by atoms with E-state index >= 15 is 0 Å². The van der Waals surface area contributed by atoms with Crippen molar-refractivity contribution < 1.29 is 23.1 Å². The number of carboxylic acids is 1. The number of hydrogen-bond acceptors (Lipinski definition) is 6. The van der Waals surface area contributed by atoms with Crippen LogP contribution in [0.4, 0.5) is 0 Å².